The van der Waals surface area contributed by atoms with E-state index in [0.717, 1.165) is 38.3 Å². The van der Waals surface area contributed by atoms with Crippen LogP contribution < -0.4 is 10.5 Å². The van der Waals surface area contributed by atoms with Gasteiger partial charge in [-0.2, -0.15) is 0 Å². The van der Waals surface area contributed by atoms with Crippen LogP contribution in [0.1, 0.15) is 12.8 Å². The lowest BCUT2D eigenvalue weighted by molar-refractivity contribution is -0.131. The lowest BCUT2D eigenvalue weighted by atomic mass is 9.98. The monoisotopic (exact) mass is 284 g/mol. The zero-order valence-electron chi connectivity index (χ0n) is 11.0. The van der Waals surface area contributed by atoms with Crippen LogP contribution in [0, 0.1) is 5.92 Å². The van der Waals surface area contributed by atoms with Gasteiger partial charge in [-0.15, -0.1) is 12.4 Å². The summed E-state index contributed by atoms with van der Waals surface area (Å²) >= 11 is 0. The summed E-state index contributed by atoms with van der Waals surface area (Å²) in [6.45, 7) is 2.46. The number of ether oxygens (including phenoxy) is 1. The molecule has 0 atom stereocenters. The van der Waals surface area contributed by atoms with Crippen molar-refractivity contribution in [2.24, 2.45) is 11.7 Å². The van der Waals surface area contributed by atoms with Crippen molar-refractivity contribution in [2.45, 2.75) is 12.8 Å². The van der Waals surface area contributed by atoms with Crippen molar-refractivity contribution < 1.29 is 9.53 Å². The van der Waals surface area contributed by atoms with E-state index >= 15 is 0 Å². The SMILES string of the molecule is Cl.NCC(=O)N1CCC(COc2ccccc2)CC1. The molecule has 0 spiro atoms. The third-order valence-electron chi connectivity index (χ3n) is 3.37. The Bertz CT molecular complexity index is 378. The summed E-state index contributed by atoms with van der Waals surface area (Å²) < 4.78 is 5.74. The standard InChI is InChI=1S/C14H20N2O2.ClH/c15-10-14(17)16-8-6-12(7-9-16)11-18-13-4-2-1-3-5-13;/h1-5,12H,6-11,15H2;1H. The largest absolute Gasteiger partial charge is 0.493 e. The minimum atomic E-state index is 0. The van der Waals surface area contributed by atoms with Crippen LogP contribution in [0.5, 0.6) is 5.75 Å². The van der Waals surface area contributed by atoms with Gasteiger partial charge in [0.25, 0.3) is 0 Å². The molecule has 1 saturated heterocycles. The molecule has 1 amide bonds. The highest BCUT2D eigenvalue weighted by Gasteiger charge is 2.22. The number of likely N-dealkylation sites (tertiary alicyclic amines) is 1. The molecule has 0 saturated carbocycles. The van der Waals surface area contributed by atoms with Gasteiger partial charge in [-0.3, -0.25) is 4.79 Å². The van der Waals surface area contributed by atoms with Crippen LogP contribution in [0.4, 0.5) is 0 Å². The lowest BCUT2D eigenvalue weighted by Crippen LogP contribution is -2.42. The van der Waals surface area contributed by atoms with Crippen LogP contribution in [0.3, 0.4) is 0 Å². The van der Waals surface area contributed by atoms with Crippen molar-refractivity contribution in [3.05, 3.63) is 30.3 Å². The molecule has 4 nitrogen and oxygen atoms in total. The van der Waals surface area contributed by atoms with E-state index in [9.17, 15) is 4.79 Å². The quantitative estimate of drug-likeness (QED) is 0.915. The number of hydrogen-bond acceptors (Lipinski definition) is 3. The van der Waals surface area contributed by atoms with Crippen molar-refractivity contribution >= 4 is 18.3 Å². The molecule has 1 heterocycles. The van der Waals surface area contributed by atoms with Crippen LogP contribution in [0.15, 0.2) is 30.3 Å². The summed E-state index contributed by atoms with van der Waals surface area (Å²) in [6.07, 6.45) is 2.00. The third kappa shape index (κ3) is 4.73. The fourth-order valence-corrected chi connectivity index (χ4v) is 2.21. The van der Waals surface area contributed by atoms with Crippen molar-refractivity contribution in [1.29, 1.82) is 0 Å². The topological polar surface area (TPSA) is 55.6 Å². The third-order valence-corrected chi connectivity index (χ3v) is 3.37. The van der Waals surface area contributed by atoms with Crippen LogP contribution in [0.25, 0.3) is 0 Å². The smallest absolute Gasteiger partial charge is 0.236 e. The number of nitrogens with zero attached hydrogens (tertiary/aromatic N) is 1. The Morgan fingerprint density at radius 3 is 2.47 bits per heavy atom. The van der Waals surface area contributed by atoms with Crippen molar-refractivity contribution in [2.75, 3.05) is 26.2 Å². The number of hydrogen-bond donors (Lipinski definition) is 1. The number of halogens is 1. The molecule has 0 unspecified atom stereocenters. The second-order valence-electron chi connectivity index (χ2n) is 4.65. The maximum Gasteiger partial charge on any atom is 0.236 e. The lowest BCUT2D eigenvalue weighted by Gasteiger charge is -2.31. The molecule has 0 bridgehead atoms. The Hall–Kier alpha value is -1.26. The number of piperidine rings is 1. The van der Waals surface area contributed by atoms with Gasteiger partial charge in [-0.1, -0.05) is 18.2 Å². The first-order valence-corrected chi connectivity index (χ1v) is 6.45. The Morgan fingerprint density at radius 1 is 1.26 bits per heavy atom. The molecular weight excluding hydrogens is 264 g/mol. The first-order valence-electron chi connectivity index (χ1n) is 6.45. The predicted molar refractivity (Wildman–Crippen MR) is 77.5 cm³/mol. The van der Waals surface area contributed by atoms with Crippen molar-refractivity contribution in [3.8, 4) is 5.75 Å². The predicted octanol–water partition coefficient (Wildman–Crippen LogP) is 1.68. The molecular formula is C14H21ClN2O2. The number of rotatable bonds is 4. The van der Waals surface area contributed by atoms with Crippen LogP contribution in [0.2, 0.25) is 0 Å². The van der Waals surface area contributed by atoms with E-state index in [0.29, 0.717) is 5.92 Å². The van der Waals surface area contributed by atoms with Gasteiger partial charge in [0.2, 0.25) is 5.91 Å². The molecule has 1 aliphatic rings. The number of nitrogens with two attached hydrogens (primary N) is 1. The summed E-state index contributed by atoms with van der Waals surface area (Å²) in [6, 6.07) is 9.85. The molecule has 1 aliphatic heterocycles. The first-order chi connectivity index (χ1) is 8.79. The molecule has 2 N–H and O–H groups in total. The van der Waals surface area contributed by atoms with E-state index in [1.165, 1.54) is 0 Å². The summed E-state index contributed by atoms with van der Waals surface area (Å²) in [5, 5.41) is 0. The first kappa shape index (κ1) is 15.8. The summed E-state index contributed by atoms with van der Waals surface area (Å²) in [7, 11) is 0. The Labute approximate surface area is 120 Å². The number of carbonyl (C=O) groups is 1. The number of amides is 1. The second kappa shape index (κ2) is 8.02. The summed E-state index contributed by atoms with van der Waals surface area (Å²) in [4.78, 5) is 13.3. The Morgan fingerprint density at radius 2 is 1.89 bits per heavy atom. The molecule has 1 aromatic rings. The van der Waals surface area contributed by atoms with Crippen LogP contribution >= 0.6 is 12.4 Å². The van der Waals surface area contributed by atoms with E-state index in [1.807, 2.05) is 35.2 Å². The molecule has 0 radical (unpaired) electrons. The number of carbonyl (C=O) groups excluding carboxylic acids is 1. The molecule has 5 heteroatoms. The second-order valence-corrected chi connectivity index (χ2v) is 4.65. The zero-order valence-corrected chi connectivity index (χ0v) is 11.8. The number of benzene rings is 1. The molecule has 1 aromatic carbocycles. The van der Waals surface area contributed by atoms with Gasteiger partial charge in [-0.25, -0.2) is 0 Å². The van der Waals surface area contributed by atoms with E-state index in [4.69, 9.17) is 10.5 Å². The van der Waals surface area contributed by atoms with E-state index in [1.54, 1.807) is 0 Å². The van der Waals surface area contributed by atoms with E-state index in [-0.39, 0.29) is 24.9 Å². The van der Waals surface area contributed by atoms with Crippen molar-refractivity contribution in [1.82, 2.24) is 4.90 Å². The summed E-state index contributed by atoms with van der Waals surface area (Å²) in [5.74, 6) is 1.50. The Balaban J connectivity index is 0.00000180. The molecule has 19 heavy (non-hydrogen) atoms. The molecule has 106 valence electrons. The Kier molecular flexibility index (Phi) is 6.67. The highest BCUT2D eigenvalue weighted by Crippen LogP contribution is 2.19. The highest BCUT2D eigenvalue weighted by molar-refractivity contribution is 5.85. The van der Waals surface area contributed by atoms with Gasteiger partial charge >= 0.3 is 0 Å². The van der Waals surface area contributed by atoms with Gasteiger partial charge in [-0.05, 0) is 30.9 Å². The molecule has 0 aliphatic carbocycles. The van der Waals surface area contributed by atoms with E-state index < -0.39 is 0 Å². The molecule has 1 fully saturated rings. The van der Waals surface area contributed by atoms with Crippen LogP contribution in [-0.2, 0) is 4.79 Å². The zero-order chi connectivity index (χ0) is 12.8. The number of para-hydroxylation sites is 1. The average molecular weight is 285 g/mol. The average Bonchev–Trinajstić information content (AvgIpc) is 2.46. The normalized spacial score (nSPS) is 15.7. The molecule has 2 rings (SSSR count). The van der Waals surface area contributed by atoms with Crippen LogP contribution in [-0.4, -0.2) is 37.0 Å². The van der Waals surface area contributed by atoms with E-state index in [2.05, 4.69) is 0 Å². The fraction of sp³-hybridized carbons (Fsp3) is 0.500. The van der Waals surface area contributed by atoms with Gasteiger partial charge in [0.1, 0.15) is 5.75 Å². The van der Waals surface area contributed by atoms with Gasteiger partial charge in [0.05, 0.1) is 13.2 Å². The minimum absolute atomic E-state index is 0. The minimum Gasteiger partial charge on any atom is -0.493 e. The van der Waals surface area contributed by atoms with Gasteiger partial charge in [0, 0.05) is 13.1 Å². The summed E-state index contributed by atoms with van der Waals surface area (Å²) in [5.41, 5.74) is 5.36. The van der Waals surface area contributed by atoms with Crippen molar-refractivity contribution in [3.63, 3.8) is 0 Å². The van der Waals surface area contributed by atoms with Gasteiger partial charge in [0.15, 0.2) is 0 Å². The maximum absolute atomic E-state index is 11.4. The highest BCUT2D eigenvalue weighted by atomic mass is 35.5. The maximum atomic E-state index is 11.4. The fourth-order valence-electron chi connectivity index (χ4n) is 2.21. The molecule has 0 aromatic heterocycles. The van der Waals surface area contributed by atoms with Gasteiger partial charge < -0.3 is 15.4 Å².